The van der Waals surface area contributed by atoms with Crippen molar-refractivity contribution in [3.8, 4) is 11.1 Å². The summed E-state index contributed by atoms with van der Waals surface area (Å²) < 4.78 is 8.48. The van der Waals surface area contributed by atoms with Crippen LogP contribution in [-0.2, 0) is 32.5 Å². The lowest BCUT2D eigenvalue weighted by molar-refractivity contribution is 0.332. The zero-order valence-electron chi connectivity index (χ0n) is 45.2. The maximum Gasteiger partial charge on any atom is 0.254 e. The van der Waals surface area contributed by atoms with E-state index in [-0.39, 0.29) is 39.2 Å². The van der Waals surface area contributed by atoms with Crippen LogP contribution in [0, 0.1) is 0 Å². The molecular formula is C68H69BN2OS. The number of hydrogen-bond acceptors (Lipinski definition) is 4. The molecule has 0 saturated heterocycles. The Morgan fingerprint density at radius 1 is 0.411 bits per heavy atom. The number of rotatable bonds is 3. The van der Waals surface area contributed by atoms with E-state index in [0.717, 1.165) is 40.5 Å². The lowest BCUT2D eigenvalue weighted by Gasteiger charge is -2.47. The normalized spacial score (nSPS) is 20.0. The van der Waals surface area contributed by atoms with E-state index in [4.69, 9.17) is 4.42 Å². The molecule has 2 aliphatic heterocycles. The van der Waals surface area contributed by atoms with Gasteiger partial charge in [0.25, 0.3) is 6.71 Å². The van der Waals surface area contributed by atoms with Crippen LogP contribution < -0.4 is 26.2 Å². The molecule has 4 heterocycles. The fraction of sp³-hybridized carbons (Fsp3) is 0.353. The summed E-state index contributed by atoms with van der Waals surface area (Å²) in [6.07, 6.45) is 7.03. The van der Waals surface area contributed by atoms with Gasteiger partial charge in [-0.1, -0.05) is 156 Å². The Bertz CT molecular complexity index is 3840. The van der Waals surface area contributed by atoms with Crippen molar-refractivity contribution in [1.82, 2.24) is 0 Å². The Labute approximate surface area is 437 Å². The first-order valence-corrected chi connectivity index (χ1v) is 28.1. The van der Waals surface area contributed by atoms with Gasteiger partial charge in [-0.3, -0.25) is 0 Å². The second-order valence-corrected chi connectivity index (χ2v) is 27.9. The number of fused-ring (bicyclic) bond motifs is 12. The number of para-hydroxylation sites is 2. The predicted octanol–water partition coefficient (Wildman–Crippen LogP) is 17.6. The first kappa shape index (κ1) is 45.6. The number of hydrogen-bond donors (Lipinski definition) is 0. The Kier molecular flexibility index (Phi) is 9.26. The highest BCUT2D eigenvalue weighted by Crippen LogP contribution is 2.56. The summed E-state index contributed by atoms with van der Waals surface area (Å²) >= 11 is 2.03. The third-order valence-electron chi connectivity index (χ3n) is 19.5. The van der Waals surface area contributed by atoms with E-state index >= 15 is 0 Å². The molecule has 0 amide bonds. The van der Waals surface area contributed by atoms with Crippen LogP contribution in [0.1, 0.15) is 155 Å². The summed E-state index contributed by atoms with van der Waals surface area (Å²) in [7, 11) is 0. The lowest BCUT2D eigenvalue weighted by Crippen LogP contribution is -2.61. The van der Waals surface area contributed by atoms with Crippen molar-refractivity contribution in [1.29, 1.82) is 0 Å². The standard InChI is InChI=1S/C68H69BN2OS/c1-63(2)27-28-64(3,4)47-35-42(25-26-46(47)63)70-55-33-41(40-19-14-13-15-20-40)34-56-60(55)69(59-45-36-48-51(39-58(45)73-62(59)70)68(11,12)32-29-65(48,5)6)52-37-49-50(67(9,10)31-30-66(49,7)8)38-54(52)71(56)53-23-18-22-44-43-21-16-17-24-57(43)72-61(44)53/h13-26,33-39H,27-32H2,1-12H3. The van der Waals surface area contributed by atoms with Crippen LogP contribution >= 0.6 is 11.3 Å². The monoisotopic (exact) mass is 973 g/mol. The minimum absolute atomic E-state index is 0.00406. The molecule has 2 aromatic heterocycles. The lowest BCUT2D eigenvalue weighted by atomic mass is 9.33. The molecule has 3 nitrogen and oxygen atoms in total. The van der Waals surface area contributed by atoms with Gasteiger partial charge in [-0.05, 0) is 192 Å². The Morgan fingerprint density at radius 3 is 1.63 bits per heavy atom. The maximum atomic E-state index is 7.09. The fourth-order valence-electron chi connectivity index (χ4n) is 14.6. The fourth-order valence-corrected chi connectivity index (χ4v) is 15.9. The van der Waals surface area contributed by atoms with Gasteiger partial charge in [0, 0.05) is 38.2 Å². The first-order valence-electron chi connectivity index (χ1n) is 27.3. The van der Waals surface area contributed by atoms with E-state index in [1.54, 1.807) is 0 Å². The number of furan rings is 1. The van der Waals surface area contributed by atoms with Crippen molar-refractivity contribution in [2.75, 3.05) is 9.80 Å². The molecule has 0 unspecified atom stereocenters. The van der Waals surface area contributed by atoms with Crippen LogP contribution in [0.25, 0.3) is 43.2 Å². The molecule has 14 rings (SSSR count). The van der Waals surface area contributed by atoms with Gasteiger partial charge in [0.15, 0.2) is 5.58 Å². The minimum atomic E-state index is -0.0205. The van der Waals surface area contributed by atoms with Crippen molar-refractivity contribution in [2.24, 2.45) is 0 Å². The molecule has 73 heavy (non-hydrogen) atoms. The summed E-state index contributed by atoms with van der Waals surface area (Å²) in [5.74, 6) is 0. The van der Waals surface area contributed by atoms with E-state index in [0.29, 0.717) is 0 Å². The van der Waals surface area contributed by atoms with Crippen molar-refractivity contribution < 1.29 is 4.42 Å². The zero-order valence-corrected chi connectivity index (χ0v) is 46.0. The number of nitrogens with zero attached hydrogens (tertiary/aromatic N) is 2. The van der Waals surface area contributed by atoms with E-state index < -0.39 is 0 Å². The molecule has 9 aromatic rings. The van der Waals surface area contributed by atoms with Crippen LogP contribution in [0.4, 0.5) is 33.4 Å². The summed E-state index contributed by atoms with van der Waals surface area (Å²) in [6, 6.07) is 49.9. The van der Waals surface area contributed by atoms with Crippen LogP contribution in [0.15, 0.2) is 132 Å². The Balaban J connectivity index is 1.17. The van der Waals surface area contributed by atoms with E-state index in [1.807, 2.05) is 11.3 Å². The molecule has 5 aliphatic rings. The minimum Gasteiger partial charge on any atom is -0.454 e. The highest BCUT2D eigenvalue weighted by Gasteiger charge is 2.50. The average molecular weight is 973 g/mol. The summed E-state index contributed by atoms with van der Waals surface area (Å²) in [5.41, 5.74) is 23.9. The van der Waals surface area contributed by atoms with Gasteiger partial charge in [0.1, 0.15) is 5.58 Å². The van der Waals surface area contributed by atoms with Crippen LogP contribution in [0.3, 0.4) is 0 Å². The van der Waals surface area contributed by atoms with Crippen molar-refractivity contribution in [3.05, 3.63) is 161 Å². The molecule has 0 fully saturated rings. The summed E-state index contributed by atoms with van der Waals surface area (Å²) in [4.78, 5) is 5.37. The smallest absolute Gasteiger partial charge is 0.254 e. The summed E-state index contributed by atoms with van der Waals surface area (Å²) in [5, 5.41) is 5.06. The van der Waals surface area contributed by atoms with Crippen LogP contribution in [-0.4, -0.2) is 6.71 Å². The molecular weight excluding hydrogens is 904 g/mol. The van der Waals surface area contributed by atoms with E-state index in [2.05, 4.69) is 220 Å². The molecule has 0 radical (unpaired) electrons. The Morgan fingerprint density at radius 2 is 0.959 bits per heavy atom. The number of benzene rings is 7. The maximum absolute atomic E-state index is 7.09. The quantitative estimate of drug-likeness (QED) is 0.165. The second-order valence-electron chi connectivity index (χ2n) is 26.9. The molecule has 366 valence electrons. The molecule has 0 atom stereocenters. The molecule has 7 aromatic carbocycles. The van der Waals surface area contributed by atoms with Gasteiger partial charge in [-0.2, -0.15) is 0 Å². The first-order chi connectivity index (χ1) is 34.6. The molecule has 0 bridgehead atoms. The topological polar surface area (TPSA) is 19.6 Å². The van der Waals surface area contributed by atoms with Crippen molar-refractivity contribution >= 4 is 99.9 Å². The van der Waals surface area contributed by atoms with Crippen molar-refractivity contribution in [2.45, 2.75) is 154 Å². The molecule has 0 spiro atoms. The highest BCUT2D eigenvalue weighted by atomic mass is 32.1. The van der Waals surface area contributed by atoms with E-state index in [9.17, 15) is 0 Å². The van der Waals surface area contributed by atoms with Gasteiger partial charge >= 0.3 is 0 Å². The Hall–Kier alpha value is -6.04. The van der Waals surface area contributed by atoms with Gasteiger partial charge in [0.2, 0.25) is 0 Å². The molecule has 5 heteroatoms. The second kappa shape index (κ2) is 14.8. The van der Waals surface area contributed by atoms with E-state index in [1.165, 1.54) is 124 Å². The van der Waals surface area contributed by atoms with Gasteiger partial charge in [-0.15, -0.1) is 11.3 Å². The zero-order chi connectivity index (χ0) is 50.5. The third-order valence-corrected chi connectivity index (χ3v) is 20.6. The SMILES string of the molecule is CC1(C)CCC(C)(C)c2cc(N3c4cc(-c5ccccc5)cc5c4B(c4cc6c(cc4N5c4cccc5c4oc4ccccc45)C(C)(C)CCC6(C)C)c4c3sc3cc5c(cc43)C(C)(C)CCC5(C)C)ccc21. The predicted molar refractivity (Wildman–Crippen MR) is 314 cm³/mol. The molecule has 3 aliphatic carbocycles. The molecule has 0 N–H and O–H groups in total. The van der Waals surface area contributed by atoms with Crippen LogP contribution in [0.5, 0.6) is 0 Å². The van der Waals surface area contributed by atoms with Crippen LogP contribution in [0.2, 0.25) is 0 Å². The highest BCUT2D eigenvalue weighted by molar-refractivity contribution is 7.26. The number of anilines is 6. The van der Waals surface area contributed by atoms with Gasteiger partial charge in [0.05, 0.1) is 10.7 Å². The average Bonchev–Trinajstić information content (AvgIpc) is 3.95. The molecule has 0 saturated carbocycles. The number of thiophene rings is 1. The van der Waals surface area contributed by atoms with Gasteiger partial charge < -0.3 is 14.2 Å². The van der Waals surface area contributed by atoms with Gasteiger partial charge in [-0.25, -0.2) is 0 Å². The summed E-state index contributed by atoms with van der Waals surface area (Å²) in [6.45, 7) is 29.8. The third kappa shape index (κ3) is 6.42. The largest absolute Gasteiger partial charge is 0.454 e. The van der Waals surface area contributed by atoms with Crippen molar-refractivity contribution in [3.63, 3.8) is 0 Å².